The lowest BCUT2D eigenvalue weighted by molar-refractivity contribution is -0.137. The van der Waals surface area contributed by atoms with Gasteiger partial charge in [-0.15, -0.1) is 0 Å². The maximum atomic E-state index is 10.7. The van der Waals surface area contributed by atoms with E-state index < -0.39 is 10.0 Å². The number of carboxylic acids is 1. The summed E-state index contributed by atoms with van der Waals surface area (Å²) in [6.45, 7) is 0. The van der Waals surface area contributed by atoms with Gasteiger partial charge in [0.25, 0.3) is 0 Å². The van der Waals surface area contributed by atoms with Crippen LogP contribution in [-0.4, -0.2) is 15.6 Å². The van der Waals surface area contributed by atoms with Crippen LogP contribution in [0, 0.1) is 0 Å². The molecule has 0 aliphatic rings. The van der Waals surface area contributed by atoms with E-state index in [9.17, 15) is 9.59 Å². The highest BCUT2D eigenvalue weighted by Crippen LogP contribution is 2.13. The highest BCUT2D eigenvalue weighted by atomic mass is 127. The second-order valence-electron chi connectivity index (χ2n) is 2.16. The first-order valence-corrected chi connectivity index (χ1v) is 4.40. The second-order valence-corrected chi connectivity index (χ2v) is 3.33. The Hall–Kier alpha value is -0.850. The number of nitrogens with zero attached hydrogens (tertiary/aromatic N) is 1. The molecule has 1 unspecified atom stereocenters. The van der Waals surface area contributed by atoms with Gasteiger partial charge in [0, 0.05) is 24.5 Å². The number of aromatic nitrogens is 1. The molecule has 0 bridgehead atoms. The smallest absolute Gasteiger partial charge is 0.337 e. The van der Waals surface area contributed by atoms with Crippen LogP contribution < -0.4 is 5.43 Å². The van der Waals surface area contributed by atoms with E-state index in [0.29, 0.717) is 0 Å². The molecule has 0 amide bonds. The van der Waals surface area contributed by atoms with Gasteiger partial charge in [-0.2, -0.15) is 0 Å². The van der Waals surface area contributed by atoms with Crippen LogP contribution >= 0.6 is 22.6 Å². The number of hydrogen-bond donors (Lipinski definition) is 1. The van der Waals surface area contributed by atoms with Crippen molar-refractivity contribution in [2.45, 2.75) is 4.05 Å². The van der Waals surface area contributed by atoms with Crippen molar-refractivity contribution in [3.8, 4) is 0 Å². The summed E-state index contributed by atoms with van der Waals surface area (Å²) in [4.78, 5) is 21.1. The maximum Gasteiger partial charge on any atom is 0.337 e. The minimum atomic E-state index is -0.931. The van der Waals surface area contributed by atoms with E-state index in [1.807, 2.05) is 0 Å². The summed E-state index contributed by atoms with van der Waals surface area (Å²) in [5.41, 5.74) is -0.125. The van der Waals surface area contributed by atoms with Crippen molar-refractivity contribution >= 4 is 28.6 Å². The molecule has 1 N–H and O–H groups in total. The summed E-state index contributed by atoms with van der Waals surface area (Å²) in [5.74, 6) is -0.931. The van der Waals surface area contributed by atoms with E-state index in [2.05, 4.69) is 0 Å². The van der Waals surface area contributed by atoms with Crippen LogP contribution in [0.3, 0.4) is 0 Å². The van der Waals surface area contributed by atoms with E-state index in [0.717, 1.165) is 0 Å². The zero-order valence-electron chi connectivity index (χ0n) is 5.98. The van der Waals surface area contributed by atoms with E-state index in [4.69, 9.17) is 5.11 Å². The van der Waals surface area contributed by atoms with Crippen molar-refractivity contribution < 1.29 is 9.90 Å². The lowest BCUT2D eigenvalue weighted by atomic mass is 10.4. The molecule has 4 nitrogen and oxygen atoms in total. The minimum Gasteiger partial charge on any atom is -0.479 e. The Kier molecular flexibility index (Phi) is 2.85. The molecule has 1 aromatic heterocycles. The van der Waals surface area contributed by atoms with E-state index in [1.165, 1.54) is 29.1 Å². The average Bonchev–Trinajstić information content (AvgIpc) is 2.04. The number of hydrogen-bond acceptors (Lipinski definition) is 2. The number of pyridine rings is 1. The molecular formula is C7H6INO3. The second kappa shape index (κ2) is 3.70. The average molecular weight is 279 g/mol. The number of carbonyl (C=O) groups is 1. The monoisotopic (exact) mass is 279 g/mol. The van der Waals surface area contributed by atoms with Gasteiger partial charge < -0.3 is 9.67 Å². The first kappa shape index (κ1) is 9.24. The maximum absolute atomic E-state index is 10.7. The van der Waals surface area contributed by atoms with Crippen molar-refractivity contribution in [1.29, 1.82) is 0 Å². The minimum absolute atomic E-state index is 0.125. The number of alkyl halides is 1. The van der Waals surface area contributed by atoms with Gasteiger partial charge in [-0.3, -0.25) is 4.79 Å². The van der Waals surface area contributed by atoms with Crippen molar-refractivity contribution in [3.63, 3.8) is 0 Å². The van der Waals surface area contributed by atoms with Gasteiger partial charge in [0.05, 0.1) is 0 Å². The standard InChI is InChI=1S/C7H6INO3/c8-6(7(11)12)9-3-1-5(10)2-4-9/h1-4,6H,(H,11,12). The Morgan fingerprint density at radius 2 is 2.00 bits per heavy atom. The third-order valence-corrected chi connectivity index (χ3v) is 2.46. The fraction of sp³-hybridized carbons (Fsp3) is 0.143. The third-order valence-electron chi connectivity index (χ3n) is 1.29. The van der Waals surface area contributed by atoms with Gasteiger partial charge in [0.2, 0.25) is 0 Å². The molecule has 0 saturated carbocycles. The SMILES string of the molecule is O=C(O)C(I)n1ccc(=O)cc1. The summed E-state index contributed by atoms with van der Waals surface area (Å²) >= 11 is 1.77. The molecule has 12 heavy (non-hydrogen) atoms. The first-order chi connectivity index (χ1) is 5.61. The molecule has 0 aliphatic heterocycles. The largest absolute Gasteiger partial charge is 0.479 e. The summed E-state index contributed by atoms with van der Waals surface area (Å²) in [6, 6.07) is 2.66. The van der Waals surface area contributed by atoms with E-state index in [1.54, 1.807) is 22.6 Å². The summed E-state index contributed by atoms with van der Waals surface area (Å²) < 4.78 is 0.785. The van der Waals surface area contributed by atoms with Gasteiger partial charge in [-0.05, 0) is 22.6 Å². The highest BCUT2D eigenvalue weighted by molar-refractivity contribution is 14.1. The zero-order valence-corrected chi connectivity index (χ0v) is 8.13. The molecule has 0 radical (unpaired) electrons. The number of halogens is 1. The van der Waals surface area contributed by atoms with Crippen LogP contribution in [0.5, 0.6) is 0 Å². The quantitative estimate of drug-likeness (QED) is 0.645. The zero-order chi connectivity index (χ0) is 9.14. The molecule has 1 heterocycles. The molecule has 0 fully saturated rings. The molecule has 1 aromatic rings. The summed E-state index contributed by atoms with van der Waals surface area (Å²) in [7, 11) is 0. The Labute approximate surface area is 82.0 Å². The molecule has 0 aliphatic carbocycles. The molecular weight excluding hydrogens is 273 g/mol. The normalized spacial score (nSPS) is 12.4. The van der Waals surface area contributed by atoms with Gasteiger partial charge >= 0.3 is 5.97 Å². The summed E-state index contributed by atoms with van der Waals surface area (Å²) in [6.07, 6.45) is 2.90. The Bertz CT molecular complexity index is 326. The van der Waals surface area contributed by atoms with Crippen LogP contribution in [0.25, 0.3) is 0 Å². The van der Waals surface area contributed by atoms with Crippen molar-refractivity contribution in [3.05, 3.63) is 34.7 Å². The van der Waals surface area contributed by atoms with Crippen LogP contribution in [0.15, 0.2) is 29.3 Å². The molecule has 0 aromatic carbocycles. The Morgan fingerprint density at radius 1 is 1.50 bits per heavy atom. The lowest BCUT2D eigenvalue weighted by Gasteiger charge is -2.07. The van der Waals surface area contributed by atoms with E-state index in [-0.39, 0.29) is 5.43 Å². The Morgan fingerprint density at radius 3 is 2.42 bits per heavy atom. The molecule has 1 atom stereocenters. The summed E-state index contributed by atoms with van der Waals surface area (Å²) in [5, 5.41) is 8.60. The topological polar surface area (TPSA) is 59.3 Å². The van der Waals surface area contributed by atoms with Gasteiger partial charge in [-0.25, -0.2) is 4.79 Å². The van der Waals surface area contributed by atoms with Crippen LogP contribution in [-0.2, 0) is 4.79 Å². The predicted molar refractivity (Wildman–Crippen MR) is 51.4 cm³/mol. The van der Waals surface area contributed by atoms with E-state index >= 15 is 0 Å². The van der Waals surface area contributed by atoms with Gasteiger partial charge in [0.1, 0.15) is 0 Å². The molecule has 0 spiro atoms. The fourth-order valence-corrected chi connectivity index (χ4v) is 1.07. The Balaban J connectivity index is 2.97. The molecule has 1 rings (SSSR count). The van der Waals surface area contributed by atoms with Crippen molar-refractivity contribution in [2.75, 3.05) is 0 Å². The molecule has 5 heteroatoms. The van der Waals surface area contributed by atoms with Crippen molar-refractivity contribution in [1.82, 2.24) is 4.57 Å². The first-order valence-electron chi connectivity index (χ1n) is 3.16. The third kappa shape index (κ3) is 2.07. The van der Waals surface area contributed by atoms with Crippen LogP contribution in [0.1, 0.15) is 4.05 Å². The van der Waals surface area contributed by atoms with Crippen LogP contribution in [0.4, 0.5) is 0 Å². The fourth-order valence-electron chi connectivity index (χ4n) is 0.703. The number of aliphatic carboxylic acids is 1. The highest BCUT2D eigenvalue weighted by Gasteiger charge is 2.12. The van der Waals surface area contributed by atoms with Crippen LogP contribution in [0.2, 0.25) is 0 Å². The molecule has 64 valence electrons. The number of carboxylic acid groups (broad SMARTS) is 1. The van der Waals surface area contributed by atoms with Gasteiger partial charge in [0.15, 0.2) is 9.48 Å². The predicted octanol–water partition coefficient (Wildman–Crippen LogP) is 0.866. The van der Waals surface area contributed by atoms with Crippen molar-refractivity contribution in [2.24, 2.45) is 0 Å². The lowest BCUT2D eigenvalue weighted by Crippen LogP contribution is -2.13. The number of rotatable bonds is 2. The molecule has 0 saturated heterocycles. The van der Waals surface area contributed by atoms with Gasteiger partial charge in [-0.1, -0.05) is 0 Å².